The Morgan fingerprint density at radius 3 is 2.38 bits per heavy atom. The highest BCUT2D eigenvalue weighted by molar-refractivity contribution is 6.70. The topological polar surface area (TPSA) is 60.8 Å². The monoisotopic (exact) mass is 340 g/mol. The van der Waals surface area contributed by atoms with E-state index in [9.17, 15) is 4.79 Å². The molecule has 0 N–H and O–H groups in total. The van der Waals surface area contributed by atoms with E-state index in [1.165, 1.54) is 6.20 Å². The summed E-state index contributed by atoms with van der Waals surface area (Å²) in [5.41, 5.74) is 1.35. The number of carbonyl (C=O) groups is 1. The van der Waals surface area contributed by atoms with E-state index < -0.39 is 14.3 Å². The Kier molecular flexibility index (Phi) is 6.03. The van der Waals surface area contributed by atoms with E-state index in [1.54, 1.807) is 42.9 Å². The van der Waals surface area contributed by atoms with Gasteiger partial charge in [0.1, 0.15) is 6.20 Å². The Balaban J connectivity index is 2.13. The summed E-state index contributed by atoms with van der Waals surface area (Å²) in [6.07, 6.45) is 6.42. The highest BCUT2D eigenvalue weighted by Crippen LogP contribution is 2.14. The normalized spacial score (nSPS) is 12.2. The summed E-state index contributed by atoms with van der Waals surface area (Å²) in [5, 5.41) is 0. The lowest BCUT2D eigenvalue weighted by Gasteiger charge is -2.20. The van der Waals surface area contributed by atoms with E-state index in [2.05, 4.69) is 9.98 Å². The zero-order chi connectivity index (χ0) is 17.4. The lowest BCUT2D eigenvalue weighted by Crippen LogP contribution is -2.26. The molecule has 1 aromatic heterocycles. The van der Waals surface area contributed by atoms with E-state index in [0.717, 1.165) is 5.56 Å². The second-order valence-electron chi connectivity index (χ2n) is 5.98. The zero-order valence-electron chi connectivity index (χ0n) is 14.0. The van der Waals surface area contributed by atoms with Gasteiger partial charge in [-0.05, 0) is 49.5 Å². The molecule has 0 saturated heterocycles. The number of nitrogens with zero attached hydrogens (tertiary/aromatic N) is 2. The van der Waals surface area contributed by atoms with Crippen molar-refractivity contribution in [3.63, 3.8) is 0 Å². The van der Waals surface area contributed by atoms with Crippen molar-refractivity contribution in [1.82, 2.24) is 4.98 Å². The molecule has 0 unspecified atom stereocenters. The molecule has 0 atom stereocenters. The zero-order valence-corrected chi connectivity index (χ0v) is 15.0. The molecule has 0 saturated carbocycles. The minimum atomic E-state index is -1.95. The third-order valence-corrected chi connectivity index (χ3v) is 3.53. The molecule has 24 heavy (non-hydrogen) atoms. The van der Waals surface area contributed by atoms with Gasteiger partial charge in [-0.1, -0.05) is 18.2 Å². The molecule has 1 aromatic carbocycles. The van der Waals surface area contributed by atoms with Crippen LogP contribution in [-0.2, 0) is 9.16 Å². The van der Waals surface area contributed by atoms with Gasteiger partial charge in [0.05, 0.1) is 5.56 Å². The number of esters is 1. The van der Waals surface area contributed by atoms with E-state index in [-0.39, 0.29) is 5.95 Å². The van der Waals surface area contributed by atoms with Crippen LogP contribution in [0.1, 0.15) is 15.9 Å². The van der Waals surface area contributed by atoms with Gasteiger partial charge < -0.3 is 9.16 Å². The van der Waals surface area contributed by atoms with Gasteiger partial charge in [-0.25, -0.2) is 4.79 Å². The fourth-order valence-corrected chi connectivity index (χ4v) is 2.43. The molecule has 1 heterocycles. The van der Waals surface area contributed by atoms with Crippen LogP contribution in [0.15, 0.2) is 72.0 Å². The summed E-state index contributed by atoms with van der Waals surface area (Å²) >= 11 is 0. The molecule has 0 bridgehead atoms. The van der Waals surface area contributed by atoms with Crippen LogP contribution in [0.2, 0.25) is 19.6 Å². The first-order valence-electron chi connectivity index (χ1n) is 7.54. The molecule has 124 valence electrons. The molecule has 0 aliphatic carbocycles. The van der Waals surface area contributed by atoms with Gasteiger partial charge in [-0.2, -0.15) is 0 Å². The number of benzene rings is 1. The standard InChI is InChI=1S/C18H20N2O3Si/c1-24(2,3)23-17(14-20-13-15-9-11-19-12-10-15)22-18(21)16-7-5-4-6-8-16/h4-14H,1-3H3/b17-14-,20-13?. The van der Waals surface area contributed by atoms with Crippen molar-refractivity contribution in [3.8, 4) is 0 Å². The number of carbonyl (C=O) groups excluding carboxylic acids is 1. The van der Waals surface area contributed by atoms with Crippen molar-refractivity contribution in [2.24, 2.45) is 4.99 Å². The molecular weight excluding hydrogens is 320 g/mol. The maximum atomic E-state index is 12.2. The molecular formula is C18H20N2O3Si. The smallest absolute Gasteiger partial charge is 0.345 e. The van der Waals surface area contributed by atoms with Crippen molar-refractivity contribution in [2.45, 2.75) is 19.6 Å². The number of aromatic nitrogens is 1. The summed E-state index contributed by atoms with van der Waals surface area (Å²) in [6, 6.07) is 12.4. The van der Waals surface area contributed by atoms with Gasteiger partial charge in [0.2, 0.25) is 8.32 Å². The lowest BCUT2D eigenvalue weighted by molar-refractivity contribution is 0.0467. The van der Waals surface area contributed by atoms with E-state index in [4.69, 9.17) is 9.16 Å². The number of ether oxygens (including phenoxy) is 1. The molecule has 2 aromatic rings. The minimum absolute atomic E-state index is 0.105. The van der Waals surface area contributed by atoms with Crippen molar-refractivity contribution >= 4 is 20.5 Å². The summed E-state index contributed by atoms with van der Waals surface area (Å²) < 4.78 is 11.2. The second-order valence-corrected chi connectivity index (χ2v) is 10.4. The largest absolute Gasteiger partial charge is 0.518 e. The summed E-state index contributed by atoms with van der Waals surface area (Å²) in [5.74, 6) is -0.368. The minimum Gasteiger partial charge on any atom is -0.518 e. The SMILES string of the molecule is C[Si](C)(C)O/C(=C\N=Cc1ccncc1)OC(=O)c1ccccc1. The first kappa shape index (κ1) is 17.6. The van der Waals surface area contributed by atoms with Crippen LogP contribution in [-0.4, -0.2) is 25.5 Å². The fourth-order valence-electron chi connectivity index (χ4n) is 1.73. The summed E-state index contributed by atoms with van der Waals surface area (Å²) in [6.45, 7) is 6.01. The number of pyridine rings is 1. The molecule has 0 spiro atoms. The average molecular weight is 340 g/mol. The first-order chi connectivity index (χ1) is 11.4. The highest BCUT2D eigenvalue weighted by atomic mass is 28.4. The molecule has 0 fully saturated rings. The molecule has 0 aliphatic rings. The van der Waals surface area contributed by atoms with Gasteiger partial charge in [0, 0.05) is 18.6 Å². The van der Waals surface area contributed by atoms with Crippen LogP contribution in [0.4, 0.5) is 0 Å². The van der Waals surface area contributed by atoms with E-state index in [0.29, 0.717) is 5.56 Å². The average Bonchev–Trinajstić information content (AvgIpc) is 2.55. The van der Waals surface area contributed by atoms with Crippen LogP contribution in [0, 0.1) is 0 Å². The van der Waals surface area contributed by atoms with Crippen LogP contribution >= 0.6 is 0 Å². The number of rotatable bonds is 6. The number of hydrogen-bond acceptors (Lipinski definition) is 5. The number of aliphatic imine (C=N–C) groups is 1. The third-order valence-electron chi connectivity index (χ3n) is 2.72. The summed E-state index contributed by atoms with van der Waals surface area (Å²) in [4.78, 5) is 20.3. The van der Waals surface area contributed by atoms with E-state index >= 15 is 0 Å². The van der Waals surface area contributed by atoms with Crippen molar-refractivity contribution in [2.75, 3.05) is 0 Å². The van der Waals surface area contributed by atoms with Gasteiger partial charge in [0.25, 0.3) is 5.95 Å². The van der Waals surface area contributed by atoms with Crippen molar-refractivity contribution in [3.05, 3.63) is 78.1 Å². The van der Waals surface area contributed by atoms with Gasteiger partial charge in [-0.15, -0.1) is 0 Å². The van der Waals surface area contributed by atoms with E-state index in [1.807, 2.05) is 37.8 Å². The van der Waals surface area contributed by atoms with Crippen LogP contribution in [0.3, 0.4) is 0 Å². The van der Waals surface area contributed by atoms with Crippen LogP contribution < -0.4 is 0 Å². The maximum Gasteiger partial charge on any atom is 0.345 e. The molecule has 0 amide bonds. The molecule has 0 aliphatic heterocycles. The van der Waals surface area contributed by atoms with Crippen molar-refractivity contribution in [1.29, 1.82) is 0 Å². The molecule has 6 heteroatoms. The molecule has 0 radical (unpaired) electrons. The Morgan fingerprint density at radius 1 is 1.08 bits per heavy atom. The Hall–Kier alpha value is -2.73. The highest BCUT2D eigenvalue weighted by Gasteiger charge is 2.21. The van der Waals surface area contributed by atoms with Crippen molar-refractivity contribution < 1.29 is 14.0 Å². The predicted octanol–water partition coefficient (Wildman–Crippen LogP) is 4.01. The van der Waals surface area contributed by atoms with Crippen LogP contribution in [0.25, 0.3) is 0 Å². The number of hydrogen-bond donors (Lipinski definition) is 0. The molecule has 5 nitrogen and oxygen atoms in total. The van der Waals surface area contributed by atoms with Gasteiger partial charge in [-0.3, -0.25) is 9.98 Å². The molecule has 2 rings (SSSR count). The fraction of sp³-hybridized carbons (Fsp3) is 0.167. The summed E-state index contributed by atoms with van der Waals surface area (Å²) in [7, 11) is -1.95. The first-order valence-corrected chi connectivity index (χ1v) is 10.9. The Bertz CT molecular complexity index is 723. The lowest BCUT2D eigenvalue weighted by atomic mass is 10.2. The second kappa shape index (κ2) is 8.21. The Labute approximate surface area is 142 Å². The third kappa shape index (κ3) is 6.17. The van der Waals surface area contributed by atoms with Gasteiger partial charge in [0.15, 0.2) is 0 Å². The maximum absolute atomic E-state index is 12.2. The van der Waals surface area contributed by atoms with Gasteiger partial charge >= 0.3 is 5.97 Å². The Morgan fingerprint density at radius 2 is 1.75 bits per heavy atom. The quantitative estimate of drug-likeness (QED) is 0.345. The predicted molar refractivity (Wildman–Crippen MR) is 96.2 cm³/mol. The van der Waals surface area contributed by atoms with Crippen LogP contribution in [0.5, 0.6) is 0 Å².